The number of carbonyl (C=O) groups is 1. The van der Waals surface area contributed by atoms with Gasteiger partial charge in [0.05, 0.1) is 16.6 Å². The highest BCUT2D eigenvalue weighted by Gasteiger charge is 2.13. The number of rotatable bonds is 3. The fourth-order valence-corrected chi connectivity index (χ4v) is 2.05. The first-order chi connectivity index (χ1) is 9.02. The van der Waals surface area contributed by atoms with Crippen LogP contribution in [0.5, 0.6) is 5.75 Å². The summed E-state index contributed by atoms with van der Waals surface area (Å²) in [6, 6.07) is 8.92. The molecule has 0 aliphatic rings. The molecule has 0 N–H and O–H groups in total. The van der Waals surface area contributed by atoms with E-state index in [9.17, 15) is 9.18 Å². The van der Waals surface area contributed by atoms with Crippen molar-refractivity contribution in [2.75, 3.05) is 7.11 Å². The lowest BCUT2D eigenvalue weighted by molar-refractivity contribution is 0.103. The maximum absolute atomic E-state index is 13.4. The Balaban J connectivity index is 2.41. The number of methoxy groups -OCH3 is 1. The van der Waals surface area contributed by atoms with Gasteiger partial charge in [0, 0.05) is 11.1 Å². The normalized spacial score (nSPS) is 10.3. The third-order valence-corrected chi connectivity index (χ3v) is 3.55. The lowest BCUT2D eigenvalue weighted by Crippen LogP contribution is -2.02. The lowest BCUT2D eigenvalue weighted by Gasteiger charge is -2.06. The minimum absolute atomic E-state index is 0.269. The molecule has 0 heterocycles. The molecule has 0 aliphatic heterocycles. The third kappa shape index (κ3) is 2.96. The molecule has 2 aromatic carbocycles. The fraction of sp³-hybridized carbons (Fsp3) is 0.0714. The lowest BCUT2D eigenvalue weighted by atomic mass is 10.0. The van der Waals surface area contributed by atoms with E-state index in [1.165, 1.54) is 25.3 Å². The van der Waals surface area contributed by atoms with Crippen LogP contribution in [0.2, 0.25) is 5.02 Å². The maximum Gasteiger partial charge on any atom is 0.193 e. The van der Waals surface area contributed by atoms with Gasteiger partial charge in [0.15, 0.2) is 5.78 Å². The van der Waals surface area contributed by atoms with Crippen LogP contribution >= 0.6 is 27.5 Å². The van der Waals surface area contributed by atoms with Gasteiger partial charge in [-0.25, -0.2) is 4.39 Å². The summed E-state index contributed by atoms with van der Waals surface area (Å²) >= 11 is 8.93. The van der Waals surface area contributed by atoms with Gasteiger partial charge in [-0.2, -0.15) is 0 Å². The van der Waals surface area contributed by atoms with Gasteiger partial charge in [-0.05, 0) is 52.3 Å². The van der Waals surface area contributed by atoms with E-state index in [4.69, 9.17) is 16.3 Å². The summed E-state index contributed by atoms with van der Waals surface area (Å²) in [7, 11) is 1.47. The molecular weight excluding hydrogens is 335 g/mol. The molecule has 98 valence electrons. The molecule has 0 bridgehead atoms. The van der Waals surface area contributed by atoms with Crippen LogP contribution in [-0.2, 0) is 0 Å². The summed E-state index contributed by atoms with van der Waals surface area (Å²) in [4.78, 5) is 12.2. The zero-order valence-electron chi connectivity index (χ0n) is 9.91. The topological polar surface area (TPSA) is 26.3 Å². The first-order valence-electron chi connectivity index (χ1n) is 5.36. The molecule has 5 heteroatoms. The Morgan fingerprint density at radius 1 is 1.21 bits per heavy atom. The zero-order chi connectivity index (χ0) is 14.0. The van der Waals surface area contributed by atoms with Gasteiger partial charge in [-0.3, -0.25) is 4.79 Å². The molecule has 0 amide bonds. The quantitative estimate of drug-likeness (QED) is 0.768. The first kappa shape index (κ1) is 14.0. The van der Waals surface area contributed by atoms with E-state index < -0.39 is 5.82 Å². The molecule has 2 nitrogen and oxygen atoms in total. The number of hydrogen-bond acceptors (Lipinski definition) is 2. The second-order valence-corrected chi connectivity index (χ2v) is 5.07. The van der Waals surface area contributed by atoms with Gasteiger partial charge in [0.25, 0.3) is 0 Å². The van der Waals surface area contributed by atoms with Crippen LogP contribution in [0, 0.1) is 5.82 Å². The van der Waals surface area contributed by atoms with Crippen LogP contribution in [0.4, 0.5) is 4.39 Å². The molecule has 2 aromatic rings. The van der Waals surface area contributed by atoms with E-state index in [2.05, 4.69) is 15.9 Å². The highest BCUT2D eigenvalue weighted by atomic mass is 79.9. The molecule has 19 heavy (non-hydrogen) atoms. The van der Waals surface area contributed by atoms with Gasteiger partial charge < -0.3 is 4.74 Å². The summed E-state index contributed by atoms with van der Waals surface area (Å²) in [5.74, 6) is -0.363. The molecule has 0 aliphatic carbocycles. The van der Waals surface area contributed by atoms with Crippen molar-refractivity contribution in [1.82, 2.24) is 0 Å². The summed E-state index contributed by atoms with van der Waals surface area (Å²) in [5.41, 5.74) is 0.660. The number of ether oxygens (including phenoxy) is 1. The zero-order valence-corrected chi connectivity index (χ0v) is 12.3. The average Bonchev–Trinajstić information content (AvgIpc) is 2.41. The highest BCUT2D eigenvalue weighted by Crippen LogP contribution is 2.26. The van der Waals surface area contributed by atoms with Crippen LogP contribution in [0.1, 0.15) is 15.9 Å². The highest BCUT2D eigenvalue weighted by molar-refractivity contribution is 9.10. The Bertz CT molecular complexity index is 643. The van der Waals surface area contributed by atoms with Gasteiger partial charge in [-0.15, -0.1) is 0 Å². The Hall–Kier alpha value is -1.39. The number of ketones is 1. The van der Waals surface area contributed by atoms with Crippen LogP contribution in [0.3, 0.4) is 0 Å². The monoisotopic (exact) mass is 342 g/mol. The van der Waals surface area contributed by atoms with E-state index in [0.717, 1.165) is 0 Å². The van der Waals surface area contributed by atoms with E-state index in [0.29, 0.717) is 20.8 Å². The van der Waals surface area contributed by atoms with E-state index in [1.54, 1.807) is 18.2 Å². The van der Waals surface area contributed by atoms with Crippen LogP contribution in [0.15, 0.2) is 40.9 Å². The summed E-state index contributed by atoms with van der Waals surface area (Å²) in [5, 5.41) is 0.418. The molecule has 0 saturated heterocycles. The number of carbonyl (C=O) groups excluding carboxylic acids is 1. The molecule has 0 radical (unpaired) electrons. The third-order valence-electron chi connectivity index (χ3n) is 2.60. The van der Waals surface area contributed by atoms with Gasteiger partial charge >= 0.3 is 0 Å². The molecular formula is C14H9BrClFO2. The molecule has 0 unspecified atom stereocenters. The Kier molecular flexibility index (Phi) is 4.22. The Morgan fingerprint density at radius 3 is 2.47 bits per heavy atom. The number of benzene rings is 2. The van der Waals surface area contributed by atoms with Crippen molar-refractivity contribution in [3.63, 3.8) is 0 Å². The van der Waals surface area contributed by atoms with Gasteiger partial charge in [-0.1, -0.05) is 11.6 Å². The summed E-state index contributed by atoms with van der Waals surface area (Å²) in [6.07, 6.45) is 0. The number of halogens is 3. The molecule has 2 rings (SSSR count). The second kappa shape index (κ2) is 5.72. The average molecular weight is 344 g/mol. The SMILES string of the molecule is COc1cc(C(=O)c2ccc(Br)c(F)c2)ccc1Cl. The molecule has 0 fully saturated rings. The predicted octanol–water partition coefficient (Wildman–Crippen LogP) is 4.48. The molecule has 0 atom stereocenters. The van der Waals surface area contributed by atoms with Gasteiger partial charge in [0.2, 0.25) is 0 Å². The second-order valence-electron chi connectivity index (χ2n) is 3.81. The number of hydrogen-bond donors (Lipinski definition) is 0. The first-order valence-corrected chi connectivity index (χ1v) is 6.53. The van der Waals surface area contributed by atoms with Crippen LogP contribution < -0.4 is 4.74 Å². The summed E-state index contributed by atoms with van der Waals surface area (Å²) < 4.78 is 18.8. The molecule has 0 saturated carbocycles. The Labute approximate surface area is 123 Å². The van der Waals surface area contributed by atoms with Crippen molar-refractivity contribution in [1.29, 1.82) is 0 Å². The van der Waals surface area contributed by atoms with Crippen molar-refractivity contribution in [2.45, 2.75) is 0 Å². The smallest absolute Gasteiger partial charge is 0.193 e. The summed E-state index contributed by atoms with van der Waals surface area (Å²) in [6.45, 7) is 0. The van der Waals surface area contributed by atoms with E-state index in [-0.39, 0.29) is 11.3 Å². The molecule has 0 aromatic heterocycles. The predicted molar refractivity (Wildman–Crippen MR) is 75.5 cm³/mol. The van der Waals surface area contributed by atoms with Gasteiger partial charge in [0.1, 0.15) is 11.6 Å². The minimum atomic E-state index is -0.480. The van der Waals surface area contributed by atoms with E-state index >= 15 is 0 Å². The van der Waals surface area contributed by atoms with Crippen molar-refractivity contribution in [3.8, 4) is 5.75 Å². The van der Waals surface area contributed by atoms with Crippen LogP contribution in [-0.4, -0.2) is 12.9 Å². The van der Waals surface area contributed by atoms with Crippen molar-refractivity contribution in [3.05, 3.63) is 62.8 Å². The van der Waals surface area contributed by atoms with Crippen molar-refractivity contribution >= 4 is 33.3 Å². The van der Waals surface area contributed by atoms with Crippen molar-refractivity contribution in [2.24, 2.45) is 0 Å². The van der Waals surface area contributed by atoms with Crippen molar-refractivity contribution < 1.29 is 13.9 Å². The van der Waals surface area contributed by atoms with Crippen LogP contribution in [0.25, 0.3) is 0 Å². The largest absolute Gasteiger partial charge is 0.495 e. The molecule has 0 spiro atoms. The fourth-order valence-electron chi connectivity index (χ4n) is 1.61. The standard InChI is InChI=1S/C14H9BrClFO2/c1-19-13-7-9(3-5-11(13)16)14(18)8-2-4-10(15)12(17)6-8/h2-7H,1H3. The Morgan fingerprint density at radius 2 is 1.84 bits per heavy atom. The maximum atomic E-state index is 13.4. The minimum Gasteiger partial charge on any atom is -0.495 e. The van der Waals surface area contributed by atoms with E-state index in [1.807, 2.05) is 0 Å².